The average molecular weight is 431 g/mol. The fourth-order valence-electron chi connectivity index (χ4n) is 2.19. The minimum absolute atomic E-state index is 0.0217. The highest BCUT2D eigenvalue weighted by Gasteiger charge is 2.21. The topological polar surface area (TPSA) is 122 Å². The van der Waals surface area contributed by atoms with E-state index in [9.17, 15) is 9.60 Å². The summed E-state index contributed by atoms with van der Waals surface area (Å²) in [6.45, 7) is 0.341. The number of rotatable bonds is 5. The predicted molar refractivity (Wildman–Crippen MR) is 98.0 cm³/mol. The van der Waals surface area contributed by atoms with Crippen LogP contribution < -0.4 is 10.4 Å². The van der Waals surface area contributed by atoms with Crippen molar-refractivity contribution in [1.29, 1.82) is 10.7 Å². The van der Waals surface area contributed by atoms with Gasteiger partial charge < -0.3 is 5.32 Å². The molecule has 8 nitrogen and oxygen atoms in total. The van der Waals surface area contributed by atoms with Crippen LogP contribution in [0, 0.1) is 22.6 Å². The maximum Gasteiger partial charge on any atom is 0.202 e. The molecule has 2 aromatic carbocycles. The van der Waals surface area contributed by atoms with Crippen molar-refractivity contribution in [3.05, 3.63) is 69.6 Å². The third kappa shape index (κ3) is 4.11. The average Bonchev–Trinajstić information content (AvgIpc) is 3.16. The molecule has 3 rings (SSSR count). The second kappa shape index (κ2) is 7.94. The number of hydrogen-bond acceptors (Lipinski definition) is 7. The van der Waals surface area contributed by atoms with Crippen molar-refractivity contribution in [2.45, 2.75) is 6.54 Å². The zero-order valence-corrected chi connectivity index (χ0v) is 15.2. The van der Waals surface area contributed by atoms with E-state index in [0.29, 0.717) is 17.2 Å². The first kappa shape index (κ1) is 18.5. The molecule has 0 aliphatic rings. The van der Waals surface area contributed by atoms with Gasteiger partial charge in [0.15, 0.2) is 11.5 Å². The van der Waals surface area contributed by atoms with Crippen LogP contribution in [0.3, 0.4) is 0 Å². The number of benzene rings is 2. The lowest BCUT2D eigenvalue weighted by Crippen LogP contribution is -2.28. The van der Waals surface area contributed by atoms with E-state index in [-0.39, 0.29) is 21.7 Å². The quantitative estimate of drug-likeness (QED) is 0.320. The van der Waals surface area contributed by atoms with E-state index in [0.717, 1.165) is 11.6 Å². The highest BCUT2D eigenvalue weighted by atomic mass is 79.9. The van der Waals surface area contributed by atoms with Gasteiger partial charge in [0, 0.05) is 6.54 Å². The van der Waals surface area contributed by atoms with E-state index < -0.39 is 11.7 Å². The van der Waals surface area contributed by atoms with Crippen LogP contribution >= 0.6 is 15.9 Å². The fourth-order valence-corrected chi connectivity index (χ4v) is 2.56. The molecule has 136 valence electrons. The van der Waals surface area contributed by atoms with Gasteiger partial charge in [-0.3, -0.25) is 10.6 Å². The molecule has 1 heterocycles. The number of anilines is 2. The van der Waals surface area contributed by atoms with Crippen LogP contribution in [-0.4, -0.2) is 21.4 Å². The molecule has 10 heteroatoms. The minimum Gasteiger partial charge on any atom is -0.361 e. The van der Waals surface area contributed by atoms with Crippen molar-refractivity contribution in [3.63, 3.8) is 0 Å². The highest BCUT2D eigenvalue weighted by Crippen LogP contribution is 2.24. The Morgan fingerprint density at radius 1 is 1.30 bits per heavy atom. The summed E-state index contributed by atoms with van der Waals surface area (Å²) in [5.74, 6) is -0.742. The summed E-state index contributed by atoms with van der Waals surface area (Å²) in [6.07, 6.45) is 0. The van der Waals surface area contributed by atoms with Crippen LogP contribution in [-0.2, 0) is 6.54 Å². The van der Waals surface area contributed by atoms with Crippen LogP contribution in [0.1, 0.15) is 16.8 Å². The van der Waals surface area contributed by atoms with Gasteiger partial charge in [-0.05, 0) is 62.1 Å². The zero-order valence-electron chi connectivity index (χ0n) is 13.6. The third-order valence-electron chi connectivity index (χ3n) is 3.62. The van der Waals surface area contributed by atoms with Crippen molar-refractivity contribution in [2.75, 3.05) is 10.4 Å². The molecule has 0 fully saturated rings. The van der Waals surface area contributed by atoms with Gasteiger partial charge in [0.05, 0.1) is 21.8 Å². The molecule has 0 saturated heterocycles. The molecule has 0 saturated carbocycles. The van der Waals surface area contributed by atoms with Gasteiger partial charge in [0.1, 0.15) is 5.82 Å². The monoisotopic (exact) mass is 430 g/mol. The van der Waals surface area contributed by atoms with E-state index in [4.69, 9.17) is 10.7 Å². The lowest BCUT2D eigenvalue weighted by molar-refractivity contribution is 0.300. The molecule has 0 aliphatic carbocycles. The van der Waals surface area contributed by atoms with Crippen LogP contribution in [0.25, 0.3) is 0 Å². The van der Waals surface area contributed by atoms with E-state index >= 15 is 0 Å². The second-order valence-electron chi connectivity index (χ2n) is 5.38. The Hall–Kier alpha value is -3.29. The first-order valence-corrected chi connectivity index (χ1v) is 8.37. The number of hydrogen-bond donors (Lipinski definition) is 3. The van der Waals surface area contributed by atoms with Crippen molar-refractivity contribution < 1.29 is 14.2 Å². The Balaban J connectivity index is 1.74. The van der Waals surface area contributed by atoms with Crippen molar-refractivity contribution in [2.24, 2.45) is 0 Å². The van der Waals surface area contributed by atoms with E-state index in [1.807, 2.05) is 6.07 Å². The van der Waals surface area contributed by atoms with Gasteiger partial charge in [-0.25, -0.2) is 14.1 Å². The maximum atomic E-state index is 13.3. The van der Waals surface area contributed by atoms with Gasteiger partial charge in [-0.1, -0.05) is 12.1 Å². The standard InChI is InChI=1S/C17H12BrFN6O2/c18-13-7-12(5-6-14(13)19)25(26)16(21)15-17(24-27-23-15)22-9-11-3-1-10(8-20)2-4-11/h1-7,21,26H,9H2,(H,22,24). The fraction of sp³-hybridized carbons (Fsp3) is 0.0588. The molecule has 0 aliphatic heterocycles. The summed E-state index contributed by atoms with van der Waals surface area (Å²) in [5.41, 5.74) is 1.56. The van der Waals surface area contributed by atoms with E-state index in [1.165, 1.54) is 12.1 Å². The number of halogens is 2. The van der Waals surface area contributed by atoms with E-state index in [2.05, 4.69) is 36.2 Å². The molecular weight excluding hydrogens is 419 g/mol. The smallest absolute Gasteiger partial charge is 0.202 e. The summed E-state index contributed by atoms with van der Waals surface area (Å²) >= 11 is 3.03. The SMILES string of the molecule is N#Cc1ccc(CNc2nonc2C(=N)N(O)c2ccc(F)c(Br)c2)cc1. The predicted octanol–water partition coefficient (Wildman–Crippen LogP) is 3.68. The first-order chi connectivity index (χ1) is 13.0. The Bertz CT molecular complexity index is 1020. The number of nitrogens with one attached hydrogen (secondary N) is 2. The molecule has 0 amide bonds. The number of nitrogens with zero attached hydrogens (tertiary/aromatic N) is 4. The summed E-state index contributed by atoms with van der Waals surface area (Å²) < 4.78 is 18.2. The zero-order chi connectivity index (χ0) is 19.4. The van der Waals surface area contributed by atoms with Gasteiger partial charge in [-0.15, -0.1) is 0 Å². The van der Waals surface area contributed by atoms with Gasteiger partial charge >= 0.3 is 0 Å². The van der Waals surface area contributed by atoms with Gasteiger partial charge in [0.25, 0.3) is 0 Å². The molecule has 0 spiro atoms. The Kier molecular flexibility index (Phi) is 5.44. The summed E-state index contributed by atoms with van der Waals surface area (Å²) in [7, 11) is 0. The molecule has 0 bridgehead atoms. The molecule has 1 aromatic heterocycles. The van der Waals surface area contributed by atoms with Gasteiger partial charge in [-0.2, -0.15) is 5.26 Å². The van der Waals surface area contributed by atoms with Crippen molar-refractivity contribution in [1.82, 2.24) is 10.3 Å². The van der Waals surface area contributed by atoms with Crippen LogP contribution in [0.4, 0.5) is 15.9 Å². The molecule has 27 heavy (non-hydrogen) atoms. The number of amidine groups is 1. The van der Waals surface area contributed by atoms with E-state index in [1.54, 1.807) is 24.3 Å². The molecular formula is C17H12BrFN6O2. The first-order valence-electron chi connectivity index (χ1n) is 7.58. The van der Waals surface area contributed by atoms with Crippen molar-refractivity contribution >= 4 is 33.3 Å². The molecule has 3 aromatic rings. The minimum atomic E-state index is -0.494. The second-order valence-corrected chi connectivity index (χ2v) is 6.24. The molecule has 3 N–H and O–H groups in total. The maximum absolute atomic E-state index is 13.3. The lowest BCUT2D eigenvalue weighted by Gasteiger charge is -2.17. The summed E-state index contributed by atoms with van der Waals surface area (Å²) in [4.78, 5) is 0. The van der Waals surface area contributed by atoms with Crippen LogP contribution in [0.5, 0.6) is 0 Å². The largest absolute Gasteiger partial charge is 0.361 e. The molecule has 0 atom stereocenters. The molecule has 0 unspecified atom stereocenters. The lowest BCUT2D eigenvalue weighted by atomic mass is 10.1. The Morgan fingerprint density at radius 3 is 2.70 bits per heavy atom. The normalized spacial score (nSPS) is 10.3. The number of nitriles is 1. The summed E-state index contributed by atoms with van der Waals surface area (Å²) in [5, 5.41) is 38.0. The number of hydroxylamine groups is 1. The number of aromatic nitrogens is 2. The summed E-state index contributed by atoms with van der Waals surface area (Å²) in [6, 6.07) is 12.7. The molecule has 0 radical (unpaired) electrons. The third-order valence-corrected chi connectivity index (χ3v) is 4.22. The van der Waals surface area contributed by atoms with Crippen LogP contribution in [0.15, 0.2) is 51.6 Å². The van der Waals surface area contributed by atoms with Gasteiger partial charge in [0.2, 0.25) is 5.82 Å². The Labute approximate surface area is 161 Å². The highest BCUT2D eigenvalue weighted by molar-refractivity contribution is 9.10. The van der Waals surface area contributed by atoms with Crippen molar-refractivity contribution in [3.8, 4) is 6.07 Å². The van der Waals surface area contributed by atoms with Crippen LogP contribution in [0.2, 0.25) is 0 Å². The Morgan fingerprint density at radius 2 is 2.04 bits per heavy atom.